The molecule has 1 N–H and O–H groups in total. The van der Waals surface area contributed by atoms with Crippen molar-refractivity contribution in [2.75, 3.05) is 39.8 Å². The zero-order valence-electron chi connectivity index (χ0n) is 15.4. The Kier molecular flexibility index (Phi) is 5.64. The molecule has 1 aliphatic carbocycles. The lowest BCUT2D eigenvalue weighted by atomic mass is 9.77. The number of amides is 1. The quantitative estimate of drug-likeness (QED) is 0.886. The van der Waals surface area contributed by atoms with Crippen LogP contribution < -0.4 is 4.74 Å². The lowest BCUT2D eigenvalue weighted by molar-refractivity contribution is -0.139. The summed E-state index contributed by atoms with van der Waals surface area (Å²) in [4.78, 5) is 17.7. The molecular formula is C20H30N2O3. The molecule has 2 fully saturated rings. The van der Waals surface area contributed by atoms with Crippen molar-refractivity contribution in [1.82, 2.24) is 9.80 Å². The number of nitrogens with zero attached hydrogens (tertiary/aromatic N) is 2. The number of carbonyl (C=O) groups excluding carboxylic acids is 1. The molecule has 0 spiro atoms. The molecule has 138 valence electrons. The maximum Gasteiger partial charge on any atom is 0.233 e. The van der Waals surface area contributed by atoms with Crippen molar-refractivity contribution in [2.45, 2.75) is 44.1 Å². The van der Waals surface area contributed by atoms with Crippen LogP contribution in [-0.4, -0.2) is 66.8 Å². The molecule has 0 bridgehead atoms. The van der Waals surface area contributed by atoms with Gasteiger partial charge in [-0.25, -0.2) is 0 Å². The summed E-state index contributed by atoms with van der Waals surface area (Å²) in [5, 5.41) is 9.55. The molecule has 0 radical (unpaired) electrons. The minimum Gasteiger partial charge on any atom is -0.497 e. The van der Waals surface area contributed by atoms with Crippen LogP contribution in [0, 0.1) is 0 Å². The van der Waals surface area contributed by atoms with Crippen molar-refractivity contribution in [2.24, 2.45) is 0 Å². The molecule has 5 heteroatoms. The highest BCUT2D eigenvalue weighted by Crippen LogP contribution is 2.43. The van der Waals surface area contributed by atoms with E-state index >= 15 is 0 Å². The van der Waals surface area contributed by atoms with Gasteiger partial charge in [-0.05, 0) is 37.5 Å². The van der Waals surface area contributed by atoms with E-state index in [-0.39, 0.29) is 17.4 Å². The minimum atomic E-state index is -0.362. The van der Waals surface area contributed by atoms with Crippen LogP contribution in [0.4, 0.5) is 0 Å². The van der Waals surface area contributed by atoms with E-state index in [9.17, 15) is 9.90 Å². The number of aliphatic hydroxyl groups is 1. The Hall–Kier alpha value is -1.59. The van der Waals surface area contributed by atoms with Gasteiger partial charge in [0.25, 0.3) is 0 Å². The highest BCUT2D eigenvalue weighted by Gasteiger charge is 2.45. The fraction of sp³-hybridized carbons (Fsp3) is 0.650. The number of aliphatic hydroxyl groups excluding tert-OH is 1. The number of ether oxygens (including phenoxy) is 1. The summed E-state index contributed by atoms with van der Waals surface area (Å²) in [7, 11) is 1.66. The Morgan fingerprint density at radius 2 is 1.76 bits per heavy atom. The number of carbonyl (C=O) groups is 1. The fourth-order valence-electron chi connectivity index (χ4n) is 4.32. The van der Waals surface area contributed by atoms with Crippen LogP contribution in [0.25, 0.3) is 0 Å². The molecular weight excluding hydrogens is 316 g/mol. The van der Waals surface area contributed by atoms with Gasteiger partial charge in [0.05, 0.1) is 18.6 Å². The summed E-state index contributed by atoms with van der Waals surface area (Å²) >= 11 is 0. The van der Waals surface area contributed by atoms with Crippen molar-refractivity contribution < 1.29 is 14.6 Å². The lowest BCUT2D eigenvalue weighted by Crippen LogP contribution is -2.54. The maximum absolute atomic E-state index is 13.4. The zero-order valence-corrected chi connectivity index (χ0v) is 15.4. The normalized spacial score (nSPS) is 22.0. The summed E-state index contributed by atoms with van der Waals surface area (Å²) in [5.41, 5.74) is 0.765. The summed E-state index contributed by atoms with van der Waals surface area (Å²) in [6.07, 6.45) is 3.78. The van der Waals surface area contributed by atoms with Crippen LogP contribution in [-0.2, 0) is 10.2 Å². The summed E-state index contributed by atoms with van der Waals surface area (Å²) < 4.78 is 5.26. The molecule has 1 saturated heterocycles. The molecule has 25 heavy (non-hydrogen) atoms. The molecule has 1 heterocycles. The highest BCUT2D eigenvalue weighted by molar-refractivity contribution is 5.88. The Bertz CT molecular complexity index is 571. The average Bonchev–Trinajstić information content (AvgIpc) is 3.12. The first-order valence-electron chi connectivity index (χ1n) is 9.39. The van der Waals surface area contributed by atoms with Gasteiger partial charge in [0.2, 0.25) is 5.91 Å². The van der Waals surface area contributed by atoms with Crippen molar-refractivity contribution in [3.05, 3.63) is 29.8 Å². The molecule has 1 aliphatic heterocycles. The van der Waals surface area contributed by atoms with Crippen LogP contribution in [0.15, 0.2) is 24.3 Å². The molecule has 1 saturated carbocycles. The minimum absolute atomic E-state index is 0.284. The molecule has 3 rings (SSSR count). The smallest absolute Gasteiger partial charge is 0.233 e. The molecule has 1 atom stereocenters. The van der Waals surface area contributed by atoms with E-state index < -0.39 is 0 Å². The topological polar surface area (TPSA) is 53.0 Å². The van der Waals surface area contributed by atoms with Gasteiger partial charge in [-0.1, -0.05) is 25.0 Å². The molecule has 0 aromatic heterocycles. The Morgan fingerprint density at radius 3 is 2.28 bits per heavy atom. The van der Waals surface area contributed by atoms with Crippen LogP contribution in [0.5, 0.6) is 5.75 Å². The number of hydrogen-bond donors (Lipinski definition) is 1. The second kappa shape index (κ2) is 7.75. The first kappa shape index (κ1) is 18.2. The SMILES string of the molecule is COc1ccc(C2(C(=O)N3CCN(CC(C)O)CC3)CCCC2)cc1. The van der Waals surface area contributed by atoms with Gasteiger partial charge in [-0.2, -0.15) is 0 Å². The van der Waals surface area contributed by atoms with Gasteiger partial charge in [0.1, 0.15) is 5.75 Å². The predicted octanol–water partition coefficient (Wildman–Crippen LogP) is 2.03. The highest BCUT2D eigenvalue weighted by atomic mass is 16.5. The monoisotopic (exact) mass is 346 g/mol. The Morgan fingerprint density at radius 1 is 1.16 bits per heavy atom. The number of piperazine rings is 1. The third-order valence-corrected chi connectivity index (χ3v) is 5.69. The summed E-state index contributed by atoms with van der Waals surface area (Å²) in [6.45, 7) is 5.69. The van der Waals surface area contributed by atoms with E-state index in [1.165, 1.54) is 0 Å². The molecule has 1 unspecified atom stereocenters. The van der Waals surface area contributed by atoms with Gasteiger partial charge in [-0.3, -0.25) is 9.69 Å². The summed E-state index contributed by atoms with van der Waals surface area (Å²) in [5.74, 6) is 1.11. The third-order valence-electron chi connectivity index (χ3n) is 5.69. The first-order chi connectivity index (χ1) is 12.0. The standard InChI is InChI=1S/C20H30N2O3/c1-16(23)15-21-11-13-22(14-12-21)19(24)20(9-3-4-10-20)17-5-7-18(25-2)8-6-17/h5-8,16,23H,3-4,9-15H2,1-2H3. The fourth-order valence-corrected chi connectivity index (χ4v) is 4.32. The van der Waals surface area contributed by atoms with E-state index in [4.69, 9.17) is 4.74 Å². The maximum atomic E-state index is 13.4. The van der Waals surface area contributed by atoms with Gasteiger partial charge < -0.3 is 14.7 Å². The number of rotatable bonds is 5. The van der Waals surface area contributed by atoms with Gasteiger partial charge in [0.15, 0.2) is 0 Å². The largest absolute Gasteiger partial charge is 0.497 e. The van der Waals surface area contributed by atoms with Crippen molar-refractivity contribution in [3.63, 3.8) is 0 Å². The van der Waals surface area contributed by atoms with E-state index in [1.54, 1.807) is 7.11 Å². The van der Waals surface area contributed by atoms with E-state index in [0.29, 0.717) is 6.54 Å². The average molecular weight is 346 g/mol. The second-order valence-corrected chi connectivity index (χ2v) is 7.46. The van der Waals surface area contributed by atoms with Crippen molar-refractivity contribution in [1.29, 1.82) is 0 Å². The summed E-state index contributed by atoms with van der Waals surface area (Å²) in [6, 6.07) is 8.05. The second-order valence-electron chi connectivity index (χ2n) is 7.46. The molecule has 1 aromatic carbocycles. The van der Waals surface area contributed by atoms with Crippen molar-refractivity contribution >= 4 is 5.91 Å². The van der Waals surface area contributed by atoms with Crippen LogP contribution >= 0.6 is 0 Å². The molecule has 2 aliphatic rings. The number of hydrogen-bond acceptors (Lipinski definition) is 4. The molecule has 1 aromatic rings. The van der Waals surface area contributed by atoms with Gasteiger partial charge in [0, 0.05) is 32.7 Å². The van der Waals surface area contributed by atoms with Crippen LogP contribution in [0.3, 0.4) is 0 Å². The van der Waals surface area contributed by atoms with E-state index in [0.717, 1.165) is 63.2 Å². The predicted molar refractivity (Wildman–Crippen MR) is 97.8 cm³/mol. The van der Waals surface area contributed by atoms with E-state index in [1.807, 2.05) is 24.0 Å². The Labute approximate surface area is 150 Å². The molecule has 1 amide bonds. The first-order valence-corrected chi connectivity index (χ1v) is 9.39. The lowest BCUT2D eigenvalue weighted by Gasteiger charge is -2.40. The van der Waals surface area contributed by atoms with E-state index in [2.05, 4.69) is 17.0 Å². The molecule has 5 nitrogen and oxygen atoms in total. The number of benzene rings is 1. The Balaban J connectivity index is 1.73. The van der Waals surface area contributed by atoms with Gasteiger partial charge >= 0.3 is 0 Å². The van der Waals surface area contributed by atoms with Crippen LogP contribution in [0.2, 0.25) is 0 Å². The van der Waals surface area contributed by atoms with Crippen molar-refractivity contribution in [3.8, 4) is 5.75 Å². The number of methoxy groups -OCH3 is 1. The third kappa shape index (κ3) is 3.82. The zero-order chi connectivity index (χ0) is 17.9. The number of β-amino-alcohol motifs (C(OH)–C–C–N with tert-alkyl or cyclic N) is 1. The van der Waals surface area contributed by atoms with Gasteiger partial charge in [-0.15, -0.1) is 0 Å². The van der Waals surface area contributed by atoms with Crippen LogP contribution in [0.1, 0.15) is 38.2 Å².